The van der Waals surface area contributed by atoms with Gasteiger partial charge < -0.3 is 25.1 Å². The van der Waals surface area contributed by atoms with Gasteiger partial charge in [0.1, 0.15) is 23.8 Å². The molecule has 2 aromatic heterocycles. The van der Waals surface area contributed by atoms with Crippen LogP contribution in [0.4, 0.5) is 22.1 Å². The van der Waals surface area contributed by atoms with E-state index in [0.29, 0.717) is 38.7 Å². The standard InChI is InChI=1S/C23H29FN8O2/c1-22(3-5-31(13-22)23(14-33)10-17(23)24)32-4-2-16-18(15-11-26-20(25)27-12-15)28-21(29-19(16)32)30-6-8-34-9-7-30/h11-12,14,17H,2-10,13H2,1H3,(H2,25,26,27)/t17-,22-,23-/m0/s1. The van der Waals surface area contributed by atoms with E-state index in [1.165, 1.54) is 0 Å². The Balaban J connectivity index is 1.39. The molecule has 1 saturated carbocycles. The van der Waals surface area contributed by atoms with Gasteiger partial charge in [-0.15, -0.1) is 0 Å². The smallest absolute Gasteiger partial charge is 0.228 e. The number of likely N-dealkylation sites (tertiary alicyclic amines) is 1. The molecule has 6 rings (SSSR count). The number of nitrogens with two attached hydrogens (primary N) is 1. The first kappa shape index (κ1) is 21.6. The molecule has 10 nitrogen and oxygen atoms in total. The zero-order valence-corrected chi connectivity index (χ0v) is 19.3. The summed E-state index contributed by atoms with van der Waals surface area (Å²) in [6.07, 6.45) is 5.08. The average Bonchev–Trinajstić information content (AvgIpc) is 3.16. The summed E-state index contributed by atoms with van der Waals surface area (Å²) in [5.74, 6) is 1.79. The quantitative estimate of drug-likeness (QED) is 0.634. The summed E-state index contributed by atoms with van der Waals surface area (Å²) in [5.41, 5.74) is 7.22. The highest BCUT2D eigenvalue weighted by Crippen LogP contribution is 2.48. The van der Waals surface area contributed by atoms with Crippen LogP contribution in [0.1, 0.15) is 25.3 Å². The first-order valence-corrected chi connectivity index (χ1v) is 11.9. The minimum atomic E-state index is -1.06. The monoisotopic (exact) mass is 468 g/mol. The molecule has 0 spiro atoms. The van der Waals surface area contributed by atoms with Gasteiger partial charge in [0.05, 0.1) is 24.4 Å². The number of hydrogen-bond donors (Lipinski definition) is 1. The number of aldehydes is 1. The van der Waals surface area contributed by atoms with Crippen LogP contribution >= 0.6 is 0 Å². The van der Waals surface area contributed by atoms with E-state index in [9.17, 15) is 9.18 Å². The van der Waals surface area contributed by atoms with Gasteiger partial charge in [-0.25, -0.2) is 19.3 Å². The van der Waals surface area contributed by atoms with E-state index in [2.05, 4.69) is 26.7 Å². The molecule has 5 heterocycles. The first-order chi connectivity index (χ1) is 16.4. The Hall–Kier alpha value is -2.92. The van der Waals surface area contributed by atoms with E-state index in [-0.39, 0.29) is 11.5 Å². The molecule has 2 saturated heterocycles. The van der Waals surface area contributed by atoms with Crippen molar-refractivity contribution in [2.45, 2.75) is 43.4 Å². The molecule has 4 aliphatic rings. The Bertz CT molecular complexity index is 1110. The predicted octanol–water partition coefficient (Wildman–Crippen LogP) is 0.859. The van der Waals surface area contributed by atoms with Crippen molar-refractivity contribution < 1.29 is 13.9 Å². The molecule has 0 aromatic carbocycles. The maximum atomic E-state index is 14.1. The molecule has 2 aromatic rings. The topological polar surface area (TPSA) is 114 Å². The lowest BCUT2D eigenvalue weighted by Crippen LogP contribution is -2.50. The second kappa shape index (κ2) is 7.81. The summed E-state index contributed by atoms with van der Waals surface area (Å²) in [7, 11) is 0. The summed E-state index contributed by atoms with van der Waals surface area (Å²) in [6.45, 7) is 7.02. The van der Waals surface area contributed by atoms with Crippen molar-refractivity contribution in [3.63, 3.8) is 0 Å². The number of nitrogens with zero attached hydrogens (tertiary/aromatic N) is 7. The van der Waals surface area contributed by atoms with E-state index in [4.69, 9.17) is 20.4 Å². The van der Waals surface area contributed by atoms with E-state index in [1.54, 1.807) is 12.4 Å². The van der Waals surface area contributed by atoms with Crippen LogP contribution in [0.2, 0.25) is 0 Å². The number of hydrogen-bond acceptors (Lipinski definition) is 10. The van der Waals surface area contributed by atoms with Gasteiger partial charge in [0.25, 0.3) is 0 Å². The van der Waals surface area contributed by atoms with Crippen molar-refractivity contribution in [1.29, 1.82) is 0 Å². The number of halogens is 1. The normalized spacial score (nSPS) is 31.1. The lowest BCUT2D eigenvalue weighted by molar-refractivity contribution is -0.114. The minimum absolute atomic E-state index is 0.221. The number of alkyl halides is 1. The molecule has 34 heavy (non-hydrogen) atoms. The molecule has 0 unspecified atom stereocenters. The first-order valence-electron chi connectivity index (χ1n) is 11.9. The number of carbonyl (C=O) groups excluding carboxylic acids is 1. The van der Waals surface area contributed by atoms with Crippen molar-refractivity contribution in [1.82, 2.24) is 24.8 Å². The van der Waals surface area contributed by atoms with E-state index < -0.39 is 11.7 Å². The average molecular weight is 469 g/mol. The minimum Gasteiger partial charge on any atom is -0.378 e. The fourth-order valence-electron chi connectivity index (χ4n) is 5.65. The Labute approximate surface area is 197 Å². The van der Waals surface area contributed by atoms with Gasteiger partial charge >= 0.3 is 0 Å². The molecule has 3 atom stereocenters. The second-order valence-corrected chi connectivity index (χ2v) is 9.95. The highest BCUT2D eigenvalue weighted by atomic mass is 19.1. The van der Waals surface area contributed by atoms with Crippen molar-refractivity contribution in [2.24, 2.45) is 0 Å². The maximum absolute atomic E-state index is 14.1. The van der Waals surface area contributed by atoms with Crippen LogP contribution in [0, 0.1) is 0 Å². The van der Waals surface area contributed by atoms with Gasteiger partial charge in [0.2, 0.25) is 11.9 Å². The van der Waals surface area contributed by atoms with Crippen molar-refractivity contribution in [3.05, 3.63) is 18.0 Å². The Morgan fingerprint density at radius 2 is 1.91 bits per heavy atom. The third kappa shape index (κ3) is 3.32. The van der Waals surface area contributed by atoms with Gasteiger partial charge in [0, 0.05) is 62.7 Å². The summed E-state index contributed by atoms with van der Waals surface area (Å²) >= 11 is 0. The zero-order valence-electron chi connectivity index (χ0n) is 19.3. The molecule has 0 radical (unpaired) electrons. The van der Waals surface area contributed by atoms with Crippen molar-refractivity contribution >= 4 is 24.0 Å². The largest absolute Gasteiger partial charge is 0.378 e. The molecule has 0 amide bonds. The Morgan fingerprint density at radius 3 is 2.59 bits per heavy atom. The summed E-state index contributed by atoms with van der Waals surface area (Å²) in [5, 5.41) is 0. The lowest BCUT2D eigenvalue weighted by atomic mass is 9.99. The number of fused-ring (bicyclic) bond motifs is 1. The lowest BCUT2D eigenvalue weighted by Gasteiger charge is -2.38. The zero-order chi connectivity index (χ0) is 23.5. The molecule has 11 heteroatoms. The number of aromatic nitrogens is 4. The fraction of sp³-hybridized carbons (Fsp3) is 0.609. The van der Waals surface area contributed by atoms with Gasteiger partial charge in [0.15, 0.2) is 0 Å². The molecule has 0 bridgehead atoms. The van der Waals surface area contributed by atoms with Crippen LogP contribution in [-0.4, -0.2) is 94.3 Å². The summed E-state index contributed by atoms with van der Waals surface area (Å²) in [4.78, 5) is 36.6. The van der Waals surface area contributed by atoms with Crippen LogP contribution in [-0.2, 0) is 16.0 Å². The molecule has 3 fully saturated rings. The van der Waals surface area contributed by atoms with Gasteiger partial charge in [-0.3, -0.25) is 4.90 Å². The predicted molar refractivity (Wildman–Crippen MR) is 124 cm³/mol. The molecular weight excluding hydrogens is 439 g/mol. The number of ether oxygens (including phenoxy) is 1. The maximum Gasteiger partial charge on any atom is 0.228 e. The number of nitrogen functional groups attached to an aromatic ring is 1. The number of rotatable bonds is 5. The summed E-state index contributed by atoms with van der Waals surface area (Å²) in [6, 6.07) is 0. The number of carbonyl (C=O) groups is 1. The van der Waals surface area contributed by atoms with E-state index in [0.717, 1.165) is 61.4 Å². The molecule has 1 aliphatic carbocycles. The Kier molecular flexibility index (Phi) is 4.96. The van der Waals surface area contributed by atoms with Gasteiger partial charge in [-0.2, -0.15) is 4.98 Å². The van der Waals surface area contributed by atoms with Crippen LogP contribution in [0.3, 0.4) is 0 Å². The van der Waals surface area contributed by atoms with Gasteiger partial charge in [-0.1, -0.05) is 0 Å². The highest BCUT2D eigenvalue weighted by molar-refractivity contribution is 5.74. The van der Waals surface area contributed by atoms with E-state index >= 15 is 0 Å². The molecule has 3 aliphatic heterocycles. The fourth-order valence-corrected chi connectivity index (χ4v) is 5.65. The SMILES string of the molecule is C[C@]1(N2CCc3c(-c4cnc(N)nc4)nc(N4CCOCC4)nc32)CCN([C@]2(C=O)C[C@@H]2F)C1. The molecule has 2 N–H and O–H groups in total. The third-order valence-electron chi connectivity index (χ3n) is 7.84. The Morgan fingerprint density at radius 1 is 1.18 bits per heavy atom. The molecule has 180 valence electrons. The second-order valence-electron chi connectivity index (χ2n) is 9.95. The van der Waals surface area contributed by atoms with Crippen LogP contribution in [0.25, 0.3) is 11.3 Å². The van der Waals surface area contributed by atoms with Crippen LogP contribution in [0.15, 0.2) is 12.4 Å². The van der Waals surface area contributed by atoms with Crippen LogP contribution < -0.4 is 15.5 Å². The van der Waals surface area contributed by atoms with Crippen LogP contribution in [0.5, 0.6) is 0 Å². The number of anilines is 3. The highest BCUT2D eigenvalue weighted by Gasteiger charge is 2.62. The third-order valence-corrected chi connectivity index (χ3v) is 7.84. The molecular formula is C23H29FN8O2. The van der Waals surface area contributed by atoms with Crippen molar-refractivity contribution in [2.75, 3.05) is 61.5 Å². The summed E-state index contributed by atoms with van der Waals surface area (Å²) < 4.78 is 19.7. The number of morpholine rings is 1. The van der Waals surface area contributed by atoms with Crippen molar-refractivity contribution in [3.8, 4) is 11.3 Å². The van der Waals surface area contributed by atoms with Gasteiger partial charge in [-0.05, 0) is 19.8 Å². The van der Waals surface area contributed by atoms with E-state index in [1.807, 2.05) is 4.90 Å².